The van der Waals surface area contributed by atoms with Crippen LogP contribution in [0, 0.1) is 16.0 Å². The summed E-state index contributed by atoms with van der Waals surface area (Å²) < 4.78 is 0. The number of nitrogens with one attached hydrogen (secondary N) is 1. The van der Waals surface area contributed by atoms with Crippen molar-refractivity contribution < 1.29 is 9.72 Å². The van der Waals surface area contributed by atoms with E-state index in [-0.39, 0.29) is 12.6 Å². The third-order valence-corrected chi connectivity index (χ3v) is 4.16. The fourth-order valence-corrected chi connectivity index (χ4v) is 2.61. The van der Waals surface area contributed by atoms with Crippen molar-refractivity contribution in [3.8, 4) is 0 Å². The van der Waals surface area contributed by atoms with Crippen LogP contribution in [0.5, 0.6) is 0 Å². The Kier molecular flexibility index (Phi) is 3.40. The van der Waals surface area contributed by atoms with Crippen LogP contribution in [-0.2, 0) is 0 Å². The lowest BCUT2D eigenvalue weighted by atomic mass is 9.94. The van der Waals surface area contributed by atoms with Gasteiger partial charge in [0, 0.05) is 42.8 Å². The third-order valence-electron chi connectivity index (χ3n) is 4.16. The lowest BCUT2D eigenvalue weighted by molar-refractivity contribution is -0.551. The van der Waals surface area contributed by atoms with Crippen molar-refractivity contribution in [3.05, 3.63) is 21.8 Å². The SMILES string of the molecule is NC1([N+](=O)[O-])C=C2CN(C(=O)NCC3CC3)CCC2=NC1. The fourth-order valence-electron chi connectivity index (χ4n) is 2.61. The first-order valence-corrected chi connectivity index (χ1v) is 7.19. The van der Waals surface area contributed by atoms with Gasteiger partial charge in [-0.25, -0.2) is 4.79 Å². The van der Waals surface area contributed by atoms with E-state index < -0.39 is 10.6 Å². The highest BCUT2D eigenvalue weighted by atomic mass is 16.6. The van der Waals surface area contributed by atoms with Crippen molar-refractivity contribution in [1.82, 2.24) is 10.2 Å². The second-order valence-corrected chi connectivity index (χ2v) is 5.98. The summed E-state index contributed by atoms with van der Waals surface area (Å²) in [4.78, 5) is 28.5. The van der Waals surface area contributed by atoms with E-state index in [0.29, 0.717) is 37.5 Å². The zero-order valence-electron chi connectivity index (χ0n) is 11.7. The van der Waals surface area contributed by atoms with Gasteiger partial charge in [-0.1, -0.05) is 0 Å². The molecule has 1 saturated heterocycles. The standard InChI is InChI=1S/C13H19N5O3/c14-13(18(20)21)5-10-7-17(4-3-11(10)16-8-13)12(19)15-6-9-1-2-9/h5,9H,1-4,6-8,14H2,(H,15,19). The van der Waals surface area contributed by atoms with Gasteiger partial charge in [-0.2, -0.15) is 0 Å². The largest absolute Gasteiger partial charge is 0.338 e. The predicted octanol–water partition coefficient (Wildman–Crippen LogP) is 0.124. The third kappa shape index (κ3) is 2.90. The second-order valence-electron chi connectivity index (χ2n) is 5.98. The molecule has 1 saturated carbocycles. The Labute approximate surface area is 122 Å². The minimum absolute atomic E-state index is 0.0350. The molecular weight excluding hydrogens is 274 g/mol. The van der Waals surface area contributed by atoms with Gasteiger partial charge in [0.15, 0.2) is 0 Å². The minimum atomic E-state index is -1.65. The van der Waals surface area contributed by atoms with Crippen LogP contribution in [-0.4, -0.2) is 53.4 Å². The monoisotopic (exact) mass is 293 g/mol. The highest BCUT2D eigenvalue weighted by Crippen LogP contribution is 2.28. The summed E-state index contributed by atoms with van der Waals surface area (Å²) in [6, 6.07) is -0.115. The second kappa shape index (κ2) is 5.10. The first kappa shape index (κ1) is 14.0. The number of nitrogens with zero attached hydrogens (tertiary/aromatic N) is 3. The Morgan fingerprint density at radius 3 is 3.05 bits per heavy atom. The lowest BCUT2D eigenvalue weighted by Crippen LogP contribution is -2.53. The summed E-state index contributed by atoms with van der Waals surface area (Å²) in [5, 5.41) is 13.9. The molecule has 0 aromatic rings. The number of aliphatic imine (C=N–C) groups is 1. The number of carbonyl (C=O) groups excluding carboxylic acids is 1. The van der Waals surface area contributed by atoms with Crippen molar-refractivity contribution in [3.63, 3.8) is 0 Å². The summed E-state index contributed by atoms with van der Waals surface area (Å²) in [7, 11) is 0. The van der Waals surface area contributed by atoms with Crippen molar-refractivity contribution >= 4 is 11.7 Å². The summed E-state index contributed by atoms with van der Waals surface area (Å²) in [6.07, 6.45) is 4.44. The minimum Gasteiger partial charge on any atom is -0.338 e. The van der Waals surface area contributed by atoms with Crippen molar-refractivity contribution in [2.45, 2.75) is 24.9 Å². The van der Waals surface area contributed by atoms with Gasteiger partial charge in [0.05, 0.1) is 0 Å². The Morgan fingerprint density at radius 1 is 1.62 bits per heavy atom. The molecule has 8 heteroatoms. The number of amides is 2. The summed E-state index contributed by atoms with van der Waals surface area (Å²) in [5.41, 5.74) is 5.63. The van der Waals surface area contributed by atoms with E-state index in [9.17, 15) is 14.9 Å². The smallest absolute Gasteiger partial charge is 0.317 e. The number of hydrogen-bond donors (Lipinski definition) is 2. The molecule has 1 aliphatic carbocycles. The van der Waals surface area contributed by atoms with Crippen molar-refractivity contribution in [2.24, 2.45) is 16.6 Å². The Bertz CT molecular complexity index is 540. The van der Waals surface area contributed by atoms with Gasteiger partial charge in [-0.3, -0.25) is 20.8 Å². The molecule has 2 heterocycles. The molecule has 0 aromatic carbocycles. The van der Waals surface area contributed by atoms with Crippen LogP contribution in [0.2, 0.25) is 0 Å². The topological polar surface area (TPSA) is 114 Å². The van der Waals surface area contributed by atoms with Gasteiger partial charge in [-0.15, -0.1) is 0 Å². The molecule has 0 aromatic heterocycles. The van der Waals surface area contributed by atoms with Crippen LogP contribution >= 0.6 is 0 Å². The van der Waals surface area contributed by atoms with E-state index in [1.54, 1.807) is 4.90 Å². The molecule has 21 heavy (non-hydrogen) atoms. The van der Waals surface area contributed by atoms with Crippen LogP contribution < -0.4 is 11.1 Å². The molecule has 8 nitrogen and oxygen atoms in total. The van der Waals surface area contributed by atoms with Gasteiger partial charge < -0.3 is 10.2 Å². The molecule has 1 atom stereocenters. The van der Waals surface area contributed by atoms with E-state index >= 15 is 0 Å². The number of fused-ring (bicyclic) bond motifs is 1. The first-order chi connectivity index (χ1) is 9.98. The highest BCUT2D eigenvalue weighted by Gasteiger charge is 2.40. The molecule has 0 radical (unpaired) electrons. The number of piperidine rings is 1. The van der Waals surface area contributed by atoms with Gasteiger partial charge in [0.2, 0.25) is 0 Å². The lowest BCUT2D eigenvalue weighted by Gasteiger charge is -2.33. The van der Waals surface area contributed by atoms with E-state index in [1.807, 2.05) is 0 Å². The van der Waals surface area contributed by atoms with Crippen LogP contribution in [0.15, 0.2) is 16.6 Å². The Morgan fingerprint density at radius 2 is 2.38 bits per heavy atom. The zero-order chi connectivity index (χ0) is 15.0. The van der Waals surface area contributed by atoms with Crippen LogP contribution in [0.1, 0.15) is 19.3 Å². The maximum Gasteiger partial charge on any atom is 0.317 e. The summed E-state index contributed by atoms with van der Waals surface area (Å²) in [6.45, 7) is 1.60. The molecule has 1 unspecified atom stereocenters. The van der Waals surface area contributed by atoms with Crippen LogP contribution in [0.4, 0.5) is 4.79 Å². The maximum atomic E-state index is 12.1. The van der Waals surface area contributed by atoms with E-state index in [4.69, 9.17) is 5.73 Å². The quantitative estimate of drug-likeness (QED) is 0.437. The fraction of sp³-hybridized carbons (Fsp3) is 0.692. The number of urea groups is 1. The molecule has 2 aliphatic heterocycles. The molecule has 3 rings (SSSR count). The number of nitro groups is 1. The molecule has 3 aliphatic rings. The number of rotatable bonds is 3. The van der Waals surface area contributed by atoms with Crippen LogP contribution in [0.25, 0.3) is 0 Å². The number of nitrogens with two attached hydrogens (primary N) is 1. The molecule has 2 fully saturated rings. The number of dihydropyridines is 1. The zero-order valence-corrected chi connectivity index (χ0v) is 11.7. The van der Waals surface area contributed by atoms with E-state index in [0.717, 1.165) is 5.71 Å². The molecule has 0 bridgehead atoms. The number of carbonyl (C=O) groups is 1. The first-order valence-electron chi connectivity index (χ1n) is 7.19. The maximum absolute atomic E-state index is 12.1. The van der Waals surface area contributed by atoms with Crippen molar-refractivity contribution in [2.75, 3.05) is 26.2 Å². The average Bonchev–Trinajstić information content (AvgIpc) is 3.28. The summed E-state index contributed by atoms with van der Waals surface area (Å²) >= 11 is 0. The molecule has 114 valence electrons. The average molecular weight is 293 g/mol. The van der Waals surface area contributed by atoms with E-state index in [1.165, 1.54) is 18.9 Å². The Hall–Kier alpha value is -1.96. The van der Waals surface area contributed by atoms with Gasteiger partial charge >= 0.3 is 11.7 Å². The molecule has 3 N–H and O–H groups in total. The molecular formula is C13H19N5O3. The highest BCUT2D eigenvalue weighted by molar-refractivity contribution is 6.03. The van der Waals surface area contributed by atoms with Gasteiger partial charge in [0.1, 0.15) is 6.54 Å². The Balaban J connectivity index is 1.66. The molecule has 0 spiro atoms. The molecule has 2 amide bonds. The van der Waals surface area contributed by atoms with Crippen LogP contribution in [0.3, 0.4) is 0 Å². The number of hydrogen-bond acceptors (Lipinski definition) is 5. The normalized spacial score (nSPS) is 28.3. The number of likely N-dealkylation sites (tertiary alicyclic amines) is 1. The summed E-state index contributed by atoms with van der Waals surface area (Å²) in [5.74, 6) is 0.621. The predicted molar refractivity (Wildman–Crippen MR) is 76.6 cm³/mol. The van der Waals surface area contributed by atoms with E-state index in [2.05, 4.69) is 10.3 Å². The van der Waals surface area contributed by atoms with Crippen molar-refractivity contribution in [1.29, 1.82) is 0 Å². The van der Waals surface area contributed by atoms with Gasteiger partial charge in [-0.05, 0) is 24.3 Å². The van der Waals surface area contributed by atoms with Gasteiger partial charge in [0.25, 0.3) is 0 Å².